The van der Waals surface area contributed by atoms with Gasteiger partial charge in [0.1, 0.15) is 0 Å². The number of halogens is 2. The van der Waals surface area contributed by atoms with Gasteiger partial charge in [-0.1, -0.05) is 65.2 Å². The van der Waals surface area contributed by atoms with Gasteiger partial charge in [-0.25, -0.2) is 0 Å². The molecule has 0 unspecified atom stereocenters. The summed E-state index contributed by atoms with van der Waals surface area (Å²) in [4.78, 5) is 0. The van der Waals surface area contributed by atoms with Crippen molar-refractivity contribution < 1.29 is 18.3 Å². The second kappa shape index (κ2) is 14.2. The molecule has 0 aromatic heterocycles. The van der Waals surface area contributed by atoms with Crippen molar-refractivity contribution in [2.45, 2.75) is 110 Å². The Kier molecular flexibility index (Phi) is 11.3. The number of hydrogen-bond donors (Lipinski definition) is 0. The molecule has 0 bridgehead atoms. The Bertz CT molecular complexity index is 676. The first-order valence-electron chi connectivity index (χ1n) is 13.9. The minimum absolute atomic E-state index is 0.00601. The maximum atomic E-state index is 14.3. The van der Waals surface area contributed by atoms with Crippen LogP contribution in [0.25, 0.3) is 0 Å². The maximum absolute atomic E-state index is 14.3. The van der Waals surface area contributed by atoms with Crippen LogP contribution in [0.3, 0.4) is 0 Å². The quantitative estimate of drug-likeness (QED) is 0.271. The zero-order valence-electron chi connectivity index (χ0n) is 21.1. The first-order valence-corrected chi connectivity index (χ1v) is 13.9. The van der Waals surface area contributed by atoms with Crippen molar-refractivity contribution in [3.63, 3.8) is 0 Å². The van der Waals surface area contributed by atoms with Gasteiger partial charge in [-0.2, -0.15) is 8.78 Å². The molecule has 0 heterocycles. The third kappa shape index (κ3) is 8.14. The van der Waals surface area contributed by atoms with Gasteiger partial charge in [0.15, 0.2) is 11.5 Å². The number of benzene rings is 1. The highest BCUT2D eigenvalue weighted by Crippen LogP contribution is 2.42. The molecule has 1 aromatic carbocycles. The first kappa shape index (κ1) is 26.3. The molecule has 0 atom stereocenters. The predicted molar refractivity (Wildman–Crippen MR) is 132 cm³/mol. The molecular formula is C29H46F2O2. The normalized spacial score (nSPS) is 25.7. The average Bonchev–Trinajstić information content (AvgIpc) is 2.85. The standard InChI is InChI=1S/C29H46F2O2/c1-3-5-6-7-8-9-22-10-14-24(15-11-22)25-16-12-23(13-17-25)21-33-27-19-18-26(32-20-4-2)28(30)29(27)31/h18-19,22-25H,3-17,20-21H2,1-2H3/t22-,23-,24-,25-. The molecule has 2 nitrogen and oxygen atoms in total. The Labute approximate surface area is 200 Å². The third-order valence-corrected chi connectivity index (χ3v) is 8.11. The third-order valence-electron chi connectivity index (χ3n) is 8.11. The Morgan fingerprint density at radius 1 is 0.667 bits per heavy atom. The van der Waals surface area contributed by atoms with Gasteiger partial charge in [0, 0.05) is 0 Å². The SMILES string of the molecule is CCCCCCC[C@H]1CC[C@H]([C@H]2CC[C@H](COc3ccc(OCCC)c(F)c3F)CC2)CC1. The van der Waals surface area contributed by atoms with Crippen LogP contribution in [0.5, 0.6) is 11.5 Å². The van der Waals surface area contributed by atoms with Gasteiger partial charge in [-0.3, -0.25) is 0 Å². The lowest BCUT2D eigenvalue weighted by atomic mass is 9.69. The van der Waals surface area contributed by atoms with Crippen LogP contribution in [-0.2, 0) is 0 Å². The number of ether oxygens (including phenoxy) is 2. The minimum atomic E-state index is -0.943. The molecule has 2 aliphatic rings. The number of unbranched alkanes of at least 4 members (excludes halogenated alkanes) is 4. The van der Waals surface area contributed by atoms with Crippen molar-refractivity contribution in [3.8, 4) is 11.5 Å². The van der Waals surface area contributed by atoms with Crippen LogP contribution in [0.15, 0.2) is 12.1 Å². The van der Waals surface area contributed by atoms with E-state index >= 15 is 0 Å². The number of hydrogen-bond acceptors (Lipinski definition) is 2. The summed E-state index contributed by atoms with van der Waals surface area (Å²) in [7, 11) is 0. The topological polar surface area (TPSA) is 18.5 Å². The summed E-state index contributed by atoms with van der Waals surface area (Å²) in [5, 5.41) is 0. The minimum Gasteiger partial charge on any atom is -0.490 e. The van der Waals surface area contributed by atoms with Gasteiger partial charge < -0.3 is 9.47 Å². The van der Waals surface area contributed by atoms with Crippen molar-refractivity contribution in [1.82, 2.24) is 0 Å². The molecule has 0 amide bonds. The molecule has 0 aliphatic heterocycles. The molecule has 3 rings (SSSR count). The van der Waals surface area contributed by atoms with Crippen LogP contribution in [0.2, 0.25) is 0 Å². The molecule has 2 saturated carbocycles. The largest absolute Gasteiger partial charge is 0.490 e. The highest BCUT2D eigenvalue weighted by molar-refractivity contribution is 5.35. The molecule has 1 aromatic rings. The van der Waals surface area contributed by atoms with E-state index in [0.29, 0.717) is 19.1 Å². The van der Waals surface area contributed by atoms with E-state index in [-0.39, 0.29) is 11.5 Å². The Morgan fingerprint density at radius 2 is 1.21 bits per heavy atom. The fraction of sp³-hybridized carbons (Fsp3) is 0.793. The number of rotatable bonds is 13. The van der Waals surface area contributed by atoms with E-state index in [1.54, 1.807) is 0 Å². The predicted octanol–water partition coefficient (Wildman–Crippen LogP) is 9.11. The van der Waals surface area contributed by atoms with Crippen molar-refractivity contribution in [3.05, 3.63) is 23.8 Å². The molecule has 0 saturated heterocycles. The van der Waals surface area contributed by atoms with E-state index in [1.807, 2.05) is 6.92 Å². The van der Waals surface area contributed by atoms with Crippen LogP contribution in [0, 0.1) is 35.3 Å². The zero-order chi connectivity index (χ0) is 23.5. The van der Waals surface area contributed by atoms with Crippen LogP contribution in [0.4, 0.5) is 8.78 Å². The summed E-state index contributed by atoms with van der Waals surface area (Å²) in [6.45, 7) is 5.07. The van der Waals surface area contributed by atoms with Crippen molar-refractivity contribution in [2.75, 3.05) is 13.2 Å². The zero-order valence-corrected chi connectivity index (χ0v) is 21.1. The summed E-state index contributed by atoms with van der Waals surface area (Å²) >= 11 is 0. The first-order chi connectivity index (χ1) is 16.1. The molecule has 0 radical (unpaired) electrons. The van der Waals surface area contributed by atoms with E-state index in [4.69, 9.17) is 9.47 Å². The lowest BCUT2D eigenvalue weighted by molar-refractivity contribution is 0.120. The Morgan fingerprint density at radius 3 is 1.79 bits per heavy atom. The summed E-state index contributed by atoms with van der Waals surface area (Å²) in [6, 6.07) is 2.97. The highest BCUT2D eigenvalue weighted by Gasteiger charge is 2.31. The van der Waals surface area contributed by atoms with Crippen LogP contribution in [-0.4, -0.2) is 13.2 Å². The molecule has 0 spiro atoms. The fourth-order valence-electron chi connectivity index (χ4n) is 5.97. The Hall–Kier alpha value is -1.32. The molecule has 2 fully saturated rings. The van der Waals surface area contributed by atoms with Crippen LogP contribution < -0.4 is 9.47 Å². The molecular weight excluding hydrogens is 418 g/mol. The second-order valence-corrected chi connectivity index (χ2v) is 10.6. The molecule has 4 heteroatoms. The fourth-order valence-corrected chi connectivity index (χ4v) is 5.97. The monoisotopic (exact) mass is 464 g/mol. The van der Waals surface area contributed by atoms with Crippen LogP contribution >= 0.6 is 0 Å². The maximum Gasteiger partial charge on any atom is 0.204 e. The summed E-state index contributed by atoms with van der Waals surface area (Å²) < 4.78 is 39.5. The van der Waals surface area contributed by atoms with Crippen LogP contribution in [0.1, 0.15) is 110 Å². The van der Waals surface area contributed by atoms with Gasteiger partial charge >= 0.3 is 0 Å². The molecule has 2 aliphatic carbocycles. The lowest BCUT2D eigenvalue weighted by Crippen LogP contribution is -2.27. The highest BCUT2D eigenvalue weighted by atomic mass is 19.2. The van der Waals surface area contributed by atoms with Gasteiger partial charge in [-0.05, 0) is 80.8 Å². The Balaban J connectivity index is 1.33. The van der Waals surface area contributed by atoms with E-state index in [1.165, 1.54) is 89.2 Å². The van der Waals surface area contributed by atoms with Gasteiger partial charge in [-0.15, -0.1) is 0 Å². The van der Waals surface area contributed by atoms with Gasteiger partial charge in [0.2, 0.25) is 11.6 Å². The van der Waals surface area contributed by atoms with Crippen molar-refractivity contribution in [1.29, 1.82) is 0 Å². The molecule has 33 heavy (non-hydrogen) atoms. The van der Waals surface area contributed by atoms with E-state index in [9.17, 15) is 8.78 Å². The summed E-state index contributed by atoms with van der Waals surface area (Å²) in [5.74, 6) is 1.28. The van der Waals surface area contributed by atoms with E-state index in [0.717, 1.165) is 37.0 Å². The summed E-state index contributed by atoms with van der Waals surface area (Å²) in [6.07, 6.45) is 19.7. The smallest absolute Gasteiger partial charge is 0.204 e. The van der Waals surface area contributed by atoms with Gasteiger partial charge in [0.25, 0.3) is 0 Å². The molecule has 0 N–H and O–H groups in total. The van der Waals surface area contributed by atoms with Gasteiger partial charge in [0.05, 0.1) is 13.2 Å². The average molecular weight is 465 g/mol. The lowest BCUT2D eigenvalue weighted by Gasteiger charge is -2.38. The second-order valence-electron chi connectivity index (χ2n) is 10.6. The molecule has 188 valence electrons. The summed E-state index contributed by atoms with van der Waals surface area (Å²) in [5.41, 5.74) is 0. The van der Waals surface area contributed by atoms with E-state index in [2.05, 4.69) is 6.92 Å². The van der Waals surface area contributed by atoms with Crippen molar-refractivity contribution in [2.24, 2.45) is 23.7 Å². The van der Waals surface area contributed by atoms with E-state index < -0.39 is 11.6 Å². The van der Waals surface area contributed by atoms with Crippen molar-refractivity contribution >= 4 is 0 Å².